The van der Waals surface area contributed by atoms with E-state index in [1.165, 1.54) is 37.7 Å². The summed E-state index contributed by atoms with van der Waals surface area (Å²) in [7, 11) is 0. The van der Waals surface area contributed by atoms with Crippen LogP contribution in [0.4, 0.5) is 0 Å². The first kappa shape index (κ1) is 20.5. The van der Waals surface area contributed by atoms with Crippen LogP contribution in [0.5, 0.6) is 0 Å². The average molecular weight is 479 g/mol. The molecule has 1 N–H and O–H groups in total. The summed E-state index contributed by atoms with van der Waals surface area (Å²) in [4.78, 5) is 5.20. The Balaban J connectivity index is 0.00000192. The maximum atomic E-state index is 12.0. The summed E-state index contributed by atoms with van der Waals surface area (Å²) in [6.07, 6.45) is 7.09. The van der Waals surface area contributed by atoms with Crippen molar-refractivity contribution in [3.8, 4) is 0 Å². The number of aliphatic hydroxyl groups is 1. The fourth-order valence-electron chi connectivity index (χ4n) is 5.06. The van der Waals surface area contributed by atoms with Gasteiger partial charge in [-0.15, -0.1) is 28.7 Å². The summed E-state index contributed by atoms with van der Waals surface area (Å²) in [6, 6.07) is 16.8. The van der Waals surface area contributed by atoms with Crippen molar-refractivity contribution >= 4 is 45.4 Å². The summed E-state index contributed by atoms with van der Waals surface area (Å²) in [5.41, 5.74) is 2.47. The minimum atomic E-state index is -0.903. The number of nitrogens with zero attached hydrogens (tertiary/aromatic N) is 1. The second kappa shape index (κ2) is 8.14. The van der Waals surface area contributed by atoms with Crippen LogP contribution >= 0.6 is 40.3 Å². The number of fused-ring (bicyclic) bond motifs is 3. The number of hydrogen-bond donors (Lipinski definition) is 1. The molecular weight excluding hydrogens is 454 g/mol. The fourth-order valence-corrected chi connectivity index (χ4v) is 6.92. The summed E-state index contributed by atoms with van der Waals surface area (Å²) in [5.74, 6) is -0.0851. The number of benzene rings is 2. The molecule has 2 aliphatic carbocycles. The van der Waals surface area contributed by atoms with Crippen LogP contribution in [0.2, 0.25) is 5.02 Å². The van der Waals surface area contributed by atoms with Crippen LogP contribution in [-0.4, -0.2) is 21.4 Å². The average Bonchev–Trinajstić information content (AvgIpc) is 3.10. The number of hydrogen-bond acceptors (Lipinski definition) is 3. The van der Waals surface area contributed by atoms with Crippen LogP contribution in [0.3, 0.4) is 0 Å². The lowest BCUT2D eigenvalue weighted by molar-refractivity contribution is 0.0401. The van der Waals surface area contributed by atoms with Crippen LogP contribution in [0, 0.1) is 0 Å². The maximum absolute atomic E-state index is 12.0. The van der Waals surface area contributed by atoms with E-state index in [1.54, 1.807) is 11.8 Å². The summed E-state index contributed by atoms with van der Waals surface area (Å²) in [5, 5.41) is 14.0. The number of rotatable bonds is 2. The second-order valence-corrected chi connectivity index (χ2v) is 9.70. The minimum Gasteiger partial charge on any atom is -0.383 e. The largest absolute Gasteiger partial charge is 0.383 e. The molecule has 0 aromatic heterocycles. The first-order valence-corrected chi connectivity index (χ1v) is 11.2. The number of halogens is 2. The van der Waals surface area contributed by atoms with E-state index in [9.17, 15) is 5.11 Å². The topological polar surface area (TPSA) is 32.6 Å². The van der Waals surface area contributed by atoms with Crippen molar-refractivity contribution in [2.24, 2.45) is 4.99 Å². The standard InChI is InChI=1S/C23H24ClNOS.BrH/c24-17-11-12-19-16(13-17)14-20-23(19,26)21(15-7-3-1-4-8-15)22(27-20)25-18-9-5-2-6-10-18;/h1,3-4,7-8,11-13,18,20-21,26H,2,5-6,9-10,14H2;1H. The molecule has 3 unspecified atom stereocenters. The predicted octanol–water partition coefficient (Wildman–Crippen LogP) is 6.29. The Kier molecular flexibility index (Phi) is 5.95. The summed E-state index contributed by atoms with van der Waals surface area (Å²) < 4.78 is 0. The Bertz CT molecular complexity index is 883. The van der Waals surface area contributed by atoms with E-state index in [1.807, 2.05) is 24.3 Å². The lowest BCUT2D eigenvalue weighted by atomic mass is 9.78. The lowest BCUT2D eigenvalue weighted by Gasteiger charge is -2.31. The van der Waals surface area contributed by atoms with Crippen molar-refractivity contribution in [1.82, 2.24) is 0 Å². The van der Waals surface area contributed by atoms with Gasteiger partial charge in [-0.1, -0.05) is 67.3 Å². The van der Waals surface area contributed by atoms with Gasteiger partial charge in [-0.25, -0.2) is 0 Å². The van der Waals surface area contributed by atoms with Gasteiger partial charge in [0.25, 0.3) is 0 Å². The molecule has 0 amide bonds. The molecule has 0 spiro atoms. The molecule has 1 saturated carbocycles. The zero-order valence-corrected chi connectivity index (χ0v) is 19.0. The molecule has 2 fully saturated rings. The normalized spacial score (nSPS) is 30.7. The smallest absolute Gasteiger partial charge is 0.115 e. The third-order valence-corrected chi connectivity index (χ3v) is 7.99. The van der Waals surface area contributed by atoms with Gasteiger partial charge in [0.05, 0.1) is 17.0 Å². The molecule has 5 rings (SSSR count). The maximum Gasteiger partial charge on any atom is 0.115 e. The molecule has 2 nitrogen and oxygen atoms in total. The van der Waals surface area contributed by atoms with E-state index < -0.39 is 5.60 Å². The molecule has 5 heteroatoms. The molecular formula is C23H25BrClNOS. The number of thioether (sulfide) groups is 1. The molecule has 1 saturated heterocycles. The molecule has 0 bridgehead atoms. The van der Waals surface area contributed by atoms with E-state index in [4.69, 9.17) is 16.6 Å². The monoisotopic (exact) mass is 477 g/mol. The van der Waals surface area contributed by atoms with E-state index in [-0.39, 0.29) is 28.1 Å². The first-order valence-electron chi connectivity index (χ1n) is 9.97. The minimum absolute atomic E-state index is 0. The molecule has 28 heavy (non-hydrogen) atoms. The van der Waals surface area contributed by atoms with Crippen LogP contribution in [0.15, 0.2) is 53.5 Å². The van der Waals surface area contributed by atoms with Crippen molar-refractivity contribution in [2.45, 2.75) is 61.3 Å². The second-order valence-electron chi connectivity index (χ2n) is 8.04. The summed E-state index contributed by atoms with van der Waals surface area (Å²) >= 11 is 8.02. The van der Waals surface area contributed by atoms with Gasteiger partial charge in [0.15, 0.2) is 0 Å². The van der Waals surface area contributed by atoms with Gasteiger partial charge < -0.3 is 5.11 Å². The Morgan fingerprint density at radius 2 is 1.79 bits per heavy atom. The van der Waals surface area contributed by atoms with Gasteiger partial charge in [-0.2, -0.15) is 0 Å². The first-order chi connectivity index (χ1) is 13.2. The Morgan fingerprint density at radius 1 is 1.04 bits per heavy atom. The molecule has 2 aromatic rings. The highest BCUT2D eigenvalue weighted by Crippen LogP contribution is 2.59. The highest BCUT2D eigenvalue weighted by molar-refractivity contribution is 8.93. The van der Waals surface area contributed by atoms with Crippen LogP contribution in [0.25, 0.3) is 0 Å². The molecule has 3 aliphatic rings. The molecule has 3 atom stereocenters. The van der Waals surface area contributed by atoms with E-state index in [0.717, 1.165) is 27.6 Å². The van der Waals surface area contributed by atoms with E-state index >= 15 is 0 Å². The zero-order valence-electron chi connectivity index (χ0n) is 15.7. The van der Waals surface area contributed by atoms with Gasteiger partial charge in [-0.3, -0.25) is 4.99 Å². The molecule has 148 valence electrons. The van der Waals surface area contributed by atoms with E-state index in [0.29, 0.717) is 6.04 Å². The summed E-state index contributed by atoms with van der Waals surface area (Å²) in [6.45, 7) is 0. The van der Waals surface area contributed by atoms with Gasteiger partial charge in [0, 0.05) is 10.3 Å². The Morgan fingerprint density at radius 3 is 2.54 bits per heavy atom. The molecule has 1 aliphatic heterocycles. The predicted molar refractivity (Wildman–Crippen MR) is 124 cm³/mol. The van der Waals surface area contributed by atoms with Gasteiger partial charge in [0.1, 0.15) is 5.60 Å². The quantitative estimate of drug-likeness (QED) is 0.550. The SMILES string of the molecule is Br.OC12c3ccc(Cl)cc3CC1SC(=NC1CCCCC1)C2c1ccccc1. The van der Waals surface area contributed by atoms with Crippen molar-refractivity contribution in [1.29, 1.82) is 0 Å². The number of aliphatic imine (C=N–C) groups is 1. The molecule has 1 heterocycles. The van der Waals surface area contributed by atoms with Gasteiger partial charge in [-0.05, 0) is 48.1 Å². The van der Waals surface area contributed by atoms with Crippen LogP contribution in [0.1, 0.15) is 54.7 Å². The van der Waals surface area contributed by atoms with Crippen LogP contribution in [-0.2, 0) is 12.0 Å². The molecule has 2 aromatic carbocycles. The third kappa shape index (κ3) is 3.36. The van der Waals surface area contributed by atoms with Crippen molar-refractivity contribution in [3.63, 3.8) is 0 Å². The van der Waals surface area contributed by atoms with Gasteiger partial charge in [0.2, 0.25) is 0 Å². The Hall–Kier alpha value is -0.810. The van der Waals surface area contributed by atoms with Crippen LogP contribution < -0.4 is 0 Å². The third-order valence-electron chi connectivity index (χ3n) is 6.36. The van der Waals surface area contributed by atoms with Gasteiger partial charge >= 0.3 is 0 Å². The van der Waals surface area contributed by atoms with Crippen molar-refractivity contribution in [3.05, 3.63) is 70.2 Å². The van der Waals surface area contributed by atoms with Crippen molar-refractivity contribution < 1.29 is 5.11 Å². The van der Waals surface area contributed by atoms with E-state index in [2.05, 4.69) is 24.3 Å². The van der Waals surface area contributed by atoms with Crippen molar-refractivity contribution in [2.75, 3.05) is 0 Å². The highest BCUT2D eigenvalue weighted by Gasteiger charge is 2.59. The fraction of sp³-hybridized carbons (Fsp3) is 0.435. The highest BCUT2D eigenvalue weighted by atomic mass is 79.9. The lowest BCUT2D eigenvalue weighted by Crippen LogP contribution is -2.36. The molecule has 0 radical (unpaired) electrons. The Labute approximate surface area is 186 Å². The zero-order chi connectivity index (χ0) is 18.4.